The third-order valence-electron chi connectivity index (χ3n) is 4.52. The van der Waals surface area contributed by atoms with Gasteiger partial charge in [-0.2, -0.15) is 0 Å². The summed E-state index contributed by atoms with van der Waals surface area (Å²) in [5, 5.41) is 0. The first-order valence-electron chi connectivity index (χ1n) is 7.46. The van der Waals surface area contributed by atoms with Gasteiger partial charge in [-0.1, -0.05) is 0 Å². The van der Waals surface area contributed by atoms with Gasteiger partial charge in [-0.15, -0.1) is 0 Å². The zero-order valence-corrected chi connectivity index (χ0v) is 12.5. The van der Waals surface area contributed by atoms with Gasteiger partial charge >= 0.3 is 0 Å². The Morgan fingerprint density at radius 1 is 1.36 bits per heavy atom. The van der Waals surface area contributed by atoms with Gasteiger partial charge in [0.25, 0.3) is 5.91 Å². The molecule has 0 aromatic heterocycles. The second kappa shape index (κ2) is 5.93. The highest BCUT2D eigenvalue weighted by Gasteiger charge is 2.48. The van der Waals surface area contributed by atoms with Crippen LogP contribution in [0.1, 0.15) is 29.6 Å². The standard InChI is InChI=1S/C16H19F2NO3/c1-21-14-3-5-19(10-16(14)4-2-6-22-16)15(20)11-7-12(17)9-13(18)8-11/h7-9,14H,2-6,10H2,1H3/t14-,16-/m0/s1. The molecule has 0 bridgehead atoms. The van der Waals surface area contributed by atoms with Gasteiger partial charge < -0.3 is 14.4 Å². The van der Waals surface area contributed by atoms with Gasteiger partial charge in [0.05, 0.1) is 12.6 Å². The second-order valence-corrected chi connectivity index (χ2v) is 5.91. The van der Waals surface area contributed by atoms with Crippen LogP contribution in [0, 0.1) is 11.6 Å². The number of hydrogen-bond donors (Lipinski definition) is 0. The maximum absolute atomic E-state index is 13.3. The first-order chi connectivity index (χ1) is 10.5. The van der Waals surface area contributed by atoms with Crippen molar-refractivity contribution in [3.63, 3.8) is 0 Å². The lowest BCUT2D eigenvalue weighted by molar-refractivity contribution is -0.137. The number of ether oxygens (including phenoxy) is 2. The summed E-state index contributed by atoms with van der Waals surface area (Å²) in [6.07, 6.45) is 2.35. The molecule has 120 valence electrons. The average molecular weight is 311 g/mol. The van der Waals surface area contributed by atoms with E-state index in [1.807, 2.05) is 0 Å². The van der Waals surface area contributed by atoms with Crippen LogP contribution in [0.5, 0.6) is 0 Å². The number of halogens is 2. The topological polar surface area (TPSA) is 38.8 Å². The Kier molecular flexibility index (Phi) is 4.14. The quantitative estimate of drug-likeness (QED) is 0.842. The van der Waals surface area contributed by atoms with Gasteiger partial charge in [0.15, 0.2) is 0 Å². The van der Waals surface area contributed by atoms with Crippen LogP contribution in [0.3, 0.4) is 0 Å². The van der Waals surface area contributed by atoms with E-state index in [4.69, 9.17) is 9.47 Å². The van der Waals surface area contributed by atoms with Gasteiger partial charge in [0, 0.05) is 31.9 Å². The molecule has 2 heterocycles. The molecule has 0 unspecified atom stereocenters. The van der Waals surface area contributed by atoms with Crippen molar-refractivity contribution in [1.29, 1.82) is 0 Å². The van der Waals surface area contributed by atoms with E-state index in [-0.39, 0.29) is 17.6 Å². The van der Waals surface area contributed by atoms with Crippen LogP contribution < -0.4 is 0 Å². The van der Waals surface area contributed by atoms with Crippen LogP contribution in [0.15, 0.2) is 18.2 Å². The van der Waals surface area contributed by atoms with Crippen LogP contribution in [0.25, 0.3) is 0 Å². The van der Waals surface area contributed by atoms with Crippen molar-refractivity contribution in [2.24, 2.45) is 0 Å². The molecule has 6 heteroatoms. The van der Waals surface area contributed by atoms with E-state index in [0.29, 0.717) is 26.1 Å². The molecular formula is C16H19F2NO3. The zero-order valence-electron chi connectivity index (χ0n) is 12.5. The molecule has 1 aromatic carbocycles. The number of hydrogen-bond acceptors (Lipinski definition) is 3. The highest BCUT2D eigenvalue weighted by Crippen LogP contribution is 2.36. The summed E-state index contributed by atoms with van der Waals surface area (Å²) in [7, 11) is 1.65. The SMILES string of the molecule is CO[C@H]1CCN(C(=O)c2cc(F)cc(F)c2)C[C@@]12CCCO2. The third kappa shape index (κ3) is 2.73. The molecule has 1 spiro atoms. The first-order valence-corrected chi connectivity index (χ1v) is 7.46. The Morgan fingerprint density at radius 3 is 2.68 bits per heavy atom. The number of carbonyl (C=O) groups is 1. The predicted octanol–water partition coefficient (Wildman–Crippen LogP) is 2.37. The number of piperidine rings is 1. The van der Waals surface area contributed by atoms with Crippen molar-refractivity contribution in [3.05, 3.63) is 35.4 Å². The lowest BCUT2D eigenvalue weighted by Crippen LogP contribution is -2.58. The number of carbonyl (C=O) groups excluding carboxylic acids is 1. The lowest BCUT2D eigenvalue weighted by atomic mass is 9.86. The molecule has 22 heavy (non-hydrogen) atoms. The Balaban J connectivity index is 1.81. The molecule has 0 saturated carbocycles. The molecule has 2 atom stereocenters. The Labute approximate surface area is 128 Å². The fourth-order valence-electron chi connectivity index (χ4n) is 3.50. The first kappa shape index (κ1) is 15.4. The summed E-state index contributed by atoms with van der Waals surface area (Å²) in [4.78, 5) is 14.1. The van der Waals surface area contributed by atoms with Crippen molar-refractivity contribution in [2.45, 2.75) is 31.0 Å². The van der Waals surface area contributed by atoms with Crippen LogP contribution >= 0.6 is 0 Å². The minimum Gasteiger partial charge on any atom is -0.378 e. The van der Waals surface area contributed by atoms with E-state index in [1.54, 1.807) is 12.0 Å². The highest BCUT2D eigenvalue weighted by atomic mass is 19.1. The van der Waals surface area contributed by atoms with Crippen LogP contribution in [0.4, 0.5) is 8.78 Å². The smallest absolute Gasteiger partial charge is 0.254 e. The van der Waals surface area contributed by atoms with Gasteiger partial charge in [-0.05, 0) is 31.4 Å². The molecule has 1 aromatic rings. The number of methoxy groups -OCH3 is 1. The maximum atomic E-state index is 13.3. The largest absolute Gasteiger partial charge is 0.378 e. The van der Waals surface area contributed by atoms with Gasteiger partial charge in [-0.3, -0.25) is 4.79 Å². The molecule has 0 aliphatic carbocycles. The van der Waals surface area contributed by atoms with Crippen LogP contribution in [0.2, 0.25) is 0 Å². The van der Waals surface area contributed by atoms with Crippen LogP contribution in [-0.2, 0) is 9.47 Å². The monoisotopic (exact) mass is 311 g/mol. The molecule has 2 aliphatic heterocycles. The minimum absolute atomic E-state index is 0.0292. The van der Waals surface area contributed by atoms with Crippen molar-refractivity contribution in [2.75, 3.05) is 26.8 Å². The lowest BCUT2D eigenvalue weighted by Gasteiger charge is -2.44. The summed E-state index contributed by atoms with van der Waals surface area (Å²) in [5.41, 5.74) is -0.462. The molecule has 1 amide bonds. The summed E-state index contributed by atoms with van der Waals surface area (Å²) >= 11 is 0. The molecule has 4 nitrogen and oxygen atoms in total. The van der Waals surface area contributed by atoms with Crippen molar-refractivity contribution >= 4 is 5.91 Å². The number of amides is 1. The molecule has 2 fully saturated rings. The molecule has 2 saturated heterocycles. The van der Waals surface area contributed by atoms with Crippen molar-refractivity contribution in [1.82, 2.24) is 4.90 Å². The Hall–Kier alpha value is -1.53. The number of benzene rings is 1. The van der Waals surface area contributed by atoms with E-state index >= 15 is 0 Å². The molecule has 2 aliphatic rings. The van der Waals surface area contributed by atoms with Gasteiger partial charge in [0.1, 0.15) is 17.2 Å². The number of rotatable bonds is 2. The van der Waals surface area contributed by atoms with Gasteiger partial charge in [-0.25, -0.2) is 8.78 Å². The fourth-order valence-corrected chi connectivity index (χ4v) is 3.50. The zero-order chi connectivity index (χ0) is 15.7. The van der Waals surface area contributed by atoms with E-state index in [2.05, 4.69) is 0 Å². The average Bonchev–Trinajstić information content (AvgIpc) is 2.94. The molecule has 3 rings (SSSR count). The van der Waals surface area contributed by atoms with E-state index in [0.717, 1.165) is 31.0 Å². The highest BCUT2D eigenvalue weighted by molar-refractivity contribution is 5.94. The fraction of sp³-hybridized carbons (Fsp3) is 0.562. The summed E-state index contributed by atoms with van der Waals surface area (Å²) in [5.74, 6) is -1.87. The minimum atomic E-state index is -0.748. The summed E-state index contributed by atoms with van der Waals surface area (Å²) in [6, 6.07) is 2.89. The third-order valence-corrected chi connectivity index (χ3v) is 4.52. The number of likely N-dealkylation sites (tertiary alicyclic amines) is 1. The Morgan fingerprint density at radius 2 is 2.09 bits per heavy atom. The summed E-state index contributed by atoms with van der Waals surface area (Å²) < 4.78 is 38.0. The molecular weight excluding hydrogens is 292 g/mol. The van der Waals surface area contributed by atoms with Gasteiger partial charge in [0.2, 0.25) is 0 Å². The Bertz CT molecular complexity index is 552. The number of nitrogens with zero attached hydrogens (tertiary/aromatic N) is 1. The molecule has 0 radical (unpaired) electrons. The normalized spacial score (nSPS) is 28.3. The van der Waals surface area contributed by atoms with Crippen molar-refractivity contribution in [3.8, 4) is 0 Å². The van der Waals surface area contributed by atoms with E-state index in [1.165, 1.54) is 0 Å². The predicted molar refractivity (Wildman–Crippen MR) is 75.6 cm³/mol. The maximum Gasteiger partial charge on any atom is 0.254 e. The second-order valence-electron chi connectivity index (χ2n) is 5.91. The summed E-state index contributed by atoms with van der Waals surface area (Å²) in [6.45, 7) is 1.53. The molecule has 0 N–H and O–H groups in total. The van der Waals surface area contributed by atoms with Crippen molar-refractivity contribution < 1.29 is 23.0 Å². The van der Waals surface area contributed by atoms with E-state index in [9.17, 15) is 13.6 Å². The van der Waals surface area contributed by atoms with Crippen LogP contribution in [-0.4, -0.2) is 49.3 Å². The van der Waals surface area contributed by atoms with E-state index < -0.39 is 17.2 Å².